The van der Waals surface area contributed by atoms with E-state index >= 15 is 0 Å². The van der Waals surface area contributed by atoms with Gasteiger partial charge in [-0.05, 0) is 32.4 Å². The van der Waals surface area contributed by atoms with Crippen molar-refractivity contribution in [2.24, 2.45) is 0 Å². The maximum absolute atomic E-state index is 12.2. The minimum atomic E-state index is -1.02. The van der Waals surface area contributed by atoms with Crippen molar-refractivity contribution in [2.45, 2.75) is 51.9 Å². The number of carboxylic acid groups (broad SMARTS) is 1. The van der Waals surface area contributed by atoms with Crippen molar-refractivity contribution in [3.8, 4) is 0 Å². The van der Waals surface area contributed by atoms with Gasteiger partial charge in [-0.1, -0.05) is 13.3 Å². The zero-order valence-electron chi connectivity index (χ0n) is 14.4. The molecule has 0 aliphatic carbocycles. The van der Waals surface area contributed by atoms with Crippen LogP contribution in [0.5, 0.6) is 0 Å². The molecule has 0 radical (unpaired) electrons. The average molecular weight is 335 g/mol. The van der Waals surface area contributed by atoms with Crippen LogP contribution in [0.4, 0.5) is 5.82 Å². The Balaban J connectivity index is 2.03. The van der Waals surface area contributed by atoms with Crippen LogP contribution >= 0.6 is 0 Å². The smallest absolute Gasteiger partial charge is 0.326 e. The van der Waals surface area contributed by atoms with E-state index in [1.807, 2.05) is 20.8 Å². The zero-order chi connectivity index (χ0) is 17.7. The summed E-state index contributed by atoms with van der Waals surface area (Å²) in [5.74, 6) is -0.651. The molecule has 2 N–H and O–H groups in total. The normalized spacial score (nSPS) is 22.0. The summed E-state index contributed by atoms with van der Waals surface area (Å²) in [6, 6.07) is 2.59. The zero-order valence-corrected chi connectivity index (χ0v) is 14.4. The van der Waals surface area contributed by atoms with Crippen molar-refractivity contribution < 1.29 is 19.4 Å². The summed E-state index contributed by atoms with van der Waals surface area (Å²) in [5.41, 5.74) is 0.357. The first-order valence-corrected chi connectivity index (χ1v) is 8.30. The average Bonchev–Trinajstić information content (AvgIpc) is 2.53. The molecule has 0 bridgehead atoms. The molecule has 1 aliphatic rings. The number of aromatic nitrogens is 1. The summed E-state index contributed by atoms with van der Waals surface area (Å²) in [6.45, 7) is 7.41. The molecule has 7 nitrogen and oxygen atoms in total. The number of carbonyl (C=O) groups excluding carboxylic acids is 1. The Morgan fingerprint density at radius 3 is 2.54 bits per heavy atom. The van der Waals surface area contributed by atoms with E-state index in [1.165, 1.54) is 6.20 Å². The molecule has 0 spiro atoms. The van der Waals surface area contributed by atoms with Crippen molar-refractivity contribution in [3.05, 3.63) is 23.9 Å². The maximum atomic E-state index is 12.2. The molecular weight excluding hydrogens is 310 g/mol. The van der Waals surface area contributed by atoms with E-state index in [-0.39, 0.29) is 12.2 Å². The topological polar surface area (TPSA) is 91.8 Å². The van der Waals surface area contributed by atoms with Gasteiger partial charge in [-0.25, -0.2) is 9.78 Å². The third-order valence-corrected chi connectivity index (χ3v) is 3.93. The highest BCUT2D eigenvalue weighted by molar-refractivity contribution is 5.96. The number of pyridine rings is 1. The van der Waals surface area contributed by atoms with Crippen molar-refractivity contribution in [2.75, 3.05) is 18.0 Å². The first kappa shape index (κ1) is 18.2. The summed E-state index contributed by atoms with van der Waals surface area (Å²) in [6.07, 6.45) is 2.82. The number of amides is 1. The number of nitrogens with one attached hydrogen (secondary N) is 1. The van der Waals surface area contributed by atoms with Crippen LogP contribution < -0.4 is 10.2 Å². The molecule has 0 aromatic carbocycles. The lowest BCUT2D eigenvalue weighted by atomic mass is 10.1. The number of carboxylic acids is 1. The molecule has 2 rings (SSSR count). The lowest BCUT2D eigenvalue weighted by Crippen LogP contribution is -2.45. The second-order valence-electron chi connectivity index (χ2n) is 6.22. The van der Waals surface area contributed by atoms with Crippen LogP contribution in [0.1, 0.15) is 44.0 Å². The van der Waals surface area contributed by atoms with Crippen LogP contribution in [0, 0.1) is 0 Å². The van der Waals surface area contributed by atoms with Gasteiger partial charge in [0.05, 0.1) is 17.8 Å². The van der Waals surface area contributed by atoms with E-state index in [4.69, 9.17) is 9.84 Å². The van der Waals surface area contributed by atoms with E-state index in [0.29, 0.717) is 18.4 Å². The van der Waals surface area contributed by atoms with Crippen LogP contribution in [0.15, 0.2) is 18.3 Å². The van der Waals surface area contributed by atoms with E-state index in [0.717, 1.165) is 18.9 Å². The second kappa shape index (κ2) is 8.10. The minimum Gasteiger partial charge on any atom is -0.480 e. The molecule has 3 unspecified atom stereocenters. The van der Waals surface area contributed by atoms with Crippen LogP contribution in [0.2, 0.25) is 0 Å². The van der Waals surface area contributed by atoms with Gasteiger partial charge in [0.25, 0.3) is 5.91 Å². The van der Waals surface area contributed by atoms with E-state index in [2.05, 4.69) is 15.2 Å². The van der Waals surface area contributed by atoms with Gasteiger partial charge in [-0.15, -0.1) is 0 Å². The van der Waals surface area contributed by atoms with Crippen molar-refractivity contribution in [1.29, 1.82) is 0 Å². The molecule has 132 valence electrons. The molecular formula is C17H25N3O4. The number of nitrogens with zero attached hydrogens (tertiary/aromatic N) is 2. The minimum absolute atomic E-state index is 0.129. The highest BCUT2D eigenvalue weighted by atomic mass is 16.5. The molecule has 2 heterocycles. The highest BCUT2D eigenvalue weighted by Crippen LogP contribution is 2.18. The van der Waals surface area contributed by atoms with Crippen LogP contribution in [-0.4, -0.2) is 53.3 Å². The maximum Gasteiger partial charge on any atom is 0.326 e. The van der Waals surface area contributed by atoms with Crippen molar-refractivity contribution >= 4 is 17.7 Å². The number of carbonyl (C=O) groups is 2. The number of ether oxygens (including phenoxy) is 1. The fourth-order valence-corrected chi connectivity index (χ4v) is 2.86. The number of hydrogen-bond donors (Lipinski definition) is 2. The molecule has 24 heavy (non-hydrogen) atoms. The number of anilines is 1. The number of morpholine rings is 1. The van der Waals surface area contributed by atoms with Crippen LogP contribution in [0.25, 0.3) is 0 Å². The Labute approximate surface area is 142 Å². The number of rotatable bonds is 6. The Morgan fingerprint density at radius 2 is 2.04 bits per heavy atom. The summed E-state index contributed by atoms with van der Waals surface area (Å²) in [4.78, 5) is 29.8. The van der Waals surface area contributed by atoms with Gasteiger partial charge in [0.2, 0.25) is 0 Å². The predicted molar refractivity (Wildman–Crippen MR) is 90.3 cm³/mol. The van der Waals surface area contributed by atoms with Crippen LogP contribution in [-0.2, 0) is 9.53 Å². The lowest BCUT2D eigenvalue weighted by Gasteiger charge is -2.36. The van der Waals surface area contributed by atoms with Crippen molar-refractivity contribution in [3.63, 3.8) is 0 Å². The molecule has 7 heteroatoms. The second-order valence-corrected chi connectivity index (χ2v) is 6.22. The Hall–Kier alpha value is -2.15. The molecule has 1 aromatic heterocycles. The van der Waals surface area contributed by atoms with E-state index < -0.39 is 17.9 Å². The first-order valence-electron chi connectivity index (χ1n) is 8.30. The summed E-state index contributed by atoms with van der Waals surface area (Å²) >= 11 is 0. The quantitative estimate of drug-likeness (QED) is 0.822. The summed E-state index contributed by atoms with van der Waals surface area (Å²) in [7, 11) is 0. The third kappa shape index (κ3) is 4.67. The molecule has 1 aromatic rings. The molecule has 1 fully saturated rings. The van der Waals surface area contributed by atoms with Gasteiger partial charge in [-0.2, -0.15) is 0 Å². The van der Waals surface area contributed by atoms with Gasteiger partial charge < -0.3 is 20.1 Å². The van der Waals surface area contributed by atoms with E-state index in [9.17, 15) is 9.59 Å². The third-order valence-electron chi connectivity index (χ3n) is 3.93. The molecule has 3 atom stereocenters. The SMILES string of the molecule is CCCC(NC(=O)c1ccc(N2CC(C)OC(C)C2)nc1)C(=O)O. The largest absolute Gasteiger partial charge is 0.480 e. The summed E-state index contributed by atoms with van der Waals surface area (Å²) in [5, 5.41) is 11.6. The van der Waals surface area contributed by atoms with E-state index in [1.54, 1.807) is 12.1 Å². The van der Waals surface area contributed by atoms with Crippen molar-refractivity contribution in [1.82, 2.24) is 10.3 Å². The van der Waals surface area contributed by atoms with Gasteiger partial charge in [-0.3, -0.25) is 4.79 Å². The molecule has 0 saturated carbocycles. The van der Waals surface area contributed by atoms with Gasteiger partial charge >= 0.3 is 5.97 Å². The fraction of sp³-hybridized carbons (Fsp3) is 0.588. The monoisotopic (exact) mass is 335 g/mol. The fourth-order valence-electron chi connectivity index (χ4n) is 2.86. The standard InChI is InChI=1S/C17H25N3O4/c1-4-5-14(17(22)23)19-16(21)13-6-7-15(18-8-13)20-9-11(2)24-12(3)10-20/h6-8,11-12,14H,4-5,9-10H2,1-3H3,(H,19,21)(H,22,23). The molecule has 1 saturated heterocycles. The molecule has 1 amide bonds. The Kier molecular flexibility index (Phi) is 6.14. The highest BCUT2D eigenvalue weighted by Gasteiger charge is 2.24. The van der Waals surface area contributed by atoms with Crippen LogP contribution in [0.3, 0.4) is 0 Å². The Bertz CT molecular complexity index is 566. The first-order chi connectivity index (χ1) is 11.4. The number of aliphatic carboxylic acids is 1. The molecule has 1 aliphatic heterocycles. The van der Waals surface area contributed by atoms with Gasteiger partial charge in [0.15, 0.2) is 0 Å². The summed E-state index contributed by atoms with van der Waals surface area (Å²) < 4.78 is 5.70. The Morgan fingerprint density at radius 1 is 1.38 bits per heavy atom. The van der Waals surface area contributed by atoms with Gasteiger partial charge in [0.1, 0.15) is 11.9 Å². The lowest BCUT2D eigenvalue weighted by molar-refractivity contribution is -0.139. The number of hydrogen-bond acceptors (Lipinski definition) is 5. The van der Waals surface area contributed by atoms with Gasteiger partial charge in [0, 0.05) is 19.3 Å². The predicted octanol–water partition coefficient (Wildman–Crippen LogP) is 1.68.